The van der Waals surface area contributed by atoms with Gasteiger partial charge < -0.3 is 14.8 Å². The first-order valence-electron chi connectivity index (χ1n) is 11.7. The van der Waals surface area contributed by atoms with Gasteiger partial charge in [-0.15, -0.1) is 21.5 Å². The van der Waals surface area contributed by atoms with Gasteiger partial charge in [-0.25, -0.2) is 9.59 Å². The van der Waals surface area contributed by atoms with Gasteiger partial charge in [0.25, 0.3) is 5.91 Å². The highest BCUT2D eigenvalue weighted by Crippen LogP contribution is 2.36. The summed E-state index contributed by atoms with van der Waals surface area (Å²) in [7, 11) is 0. The summed E-state index contributed by atoms with van der Waals surface area (Å²) >= 11 is 3.25. The molecule has 3 aromatic rings. The van der Waals surface area contributed by atoms with Crippen molar-refractivity contribution in [3.63, 3.8) is 0 Å². The molecule has 1 atom stereocenters. The van der Waals surface area contributed by atoms with Gasteiger partial charge in [0, 0.05) is 5.56 Å². The fraction of sp³-hybridized carbons (Fsp3) is 0.360. The molecular formula is C25H28N4O6S3. The van der Waals surface area contributed by atoms with Crippen LogP contribution in [0.3, 0.4) is 0 Å². The Morgan fingerprint density at radius 3 is 2.29 bits per heavy atom. The Morgan fingerprint density at radius 1 is 0.947 bits per heavy atom. The highest BCUT2D eigenvalue weighted by molar-refractivity contribution is 8.02. The van der Waals surface area contributed by atoms with Gasteiger partial charge in [-0.3, -0.25) is 14.9 Å². The van der Waals surface area contributed by atoms with Crippen LogP contribution in [0.1, 0.15) is 67.8 Å². The third-order valence-corrected chi connectivity index (χ3v) is 8.58. The quantitative estimate of drug-likeness (QED) is 0.188. The topological polar surface area (TPSA) is 137 Å². The van der Waals surface area contributed by atoms with Gasteiger partial charge in [-0.1, -0.05) is 29.2 Å². The highest BCUT2D eigenvalue weighted by Gasteiger charge is 2.28. The minimum atomic E-state index is -0.638. The molecule has 38 heavy (non-hydrogen) atoms. The average Bonchev–Trinajstić information content (AvgIpc) is 3.44. The maximum atomic E-state index is 13.0. The summed E-state index contributed by atoms with van der Waals surface area (Å²) in [5, 5.41) is 13.4. The number of esters is 2. The van der Waals surface area contributed by atoms with Crippen LogP contribution in [-0.2, 0) is 14.3 Å². The SMILES string of the molecule is CCOC(=O)c1sc(NC(=O)C(C)Sc2nnc(NC(=O)c3ccc(C)c(C)c3)s2)c(C(=O)OCC)c1C. The number of nitrogens with one attached hydrogen (secondary N) is 2. The van der Waals surface area contributed by atoms with E-state index in [4.69, 9.17) is 9.47 Å². The molecule has 0 spiro atoms. The molecule has 0 aliphatic heterocycles. The number of aryl methyl sites for hydroxylation is 2. The normalized spacial score (nSPS) is 11.5. The van der Waals surface area contributed by atoms with Crippen molar-refractivity contribution in [1.29, 1.82) is 0 Å². The number of hydrogen-bond acceptors (Lipinski definition) is 11. The van der Waals surface area contributed by atoms with Crippen molar-refractivity contribution in [2.24, 2.45) is 0 Å². The van der Waals surface area contributed by atoms with Gasteiger partial charge in [-0.2, -0.15) is 0 Å². The van der Waals surface area contributed by atoms with Gasteiger partial charge >= 0.3 is 11.9 Å². The Labute approximate surface area is 232 Å². The summed E-state index contributed by atoms with van der Waals surface area (Å²) in [6.45, 7) is 10.9. The van der Waals surface area contributed by atoms with E-state index in [1.807, 2.05) is 19.9 Å². The lowest BCUT2D eigenvalue weighted by atomic mass is 10.1. The van der Waals surface area contributed by atoms with E-state index in [2.05, 4.69) is 20.8 Å². The van der Waals surface area contributed by atoms with Crippen LogP contribution in [-0.4, -0.2) is 52.4 Å². The molecule has 2 N–H and O–H groups in total. The summed E-state index contributed by atoms with van der Waals surface area (Å²) in [5.74, 6) is -1.93. The van der Waals surface area contributed by atoms with E-state index in [0.29, 0.717) is 20.6 Å². The molecule has 2 amide bonds. The zero-order valence-electron chi connectivity index (χ0n) is 21.8. The molecule has 0 aliphatic carbocycles. The first kappa shape index (κ1) is 29.3. The van der Waals surface area contributed by atoms with E-state index in [-0.39, 0.29) is 34.6 Å². The fourth-order valence-electron chi connectivity index (χ4n) is 3.22. The van der Waals surface area contributed by atoms with Gasteiger partial charge in [0.1, 0.15) is 9.88 Å². The Balaban J connectivity index is 1.70. The lowest BCUT2D eigenvalue weighted by Crippen LogP contribution is -2.23. The van der Waals surface area contributed by atoms with Crippen molar-refractivity contribution in [3.8, 4) is 0 Å². The molecule has 1 unspecified atom stereocenters. The van der Waals surface area contributed by atoms with Crippen LogP contribution in [0.4, 0.5) is 10.1 Å². The van der Waals surface area contributed by atoms with E-state index in [0.717, 1.165) is 45.6 Å². The van der Waals surface area contributed by atoms with Crippen molar-refractivity contribution < 1.29 is 28.7 Å². The number of nitrogens with zero attached hydrogens (tertiary/aromatic N) is 2. The predicted octanol–water partition coefficient (Wildman–Crippen LogP) is 5.25. The number of amides is 2. The molecule has 1 aromatic carbocycles. The third kappa shape index (κ3) is 6.97. The highest BCUT2D eigenvalue weighted by atomic mass is 32.2. The van der Waals surface area contributed by atoms with Crippen LogP contribution in [0, 0.1) is 20.8 Å². The van der Waals surface area contributed by atoms with Gasteiger partial charge in [0.2, 0.25) is 11.0 Å². The Morgan fingerprint density at radius 2 is 1.63 bits per heavy atom. The van der Waals surface area contributed by atoms with Crippen molar-refractivity contribution in [1.82, 2.24) is 10.2 Å². The Bertz CT molecular complexity index is 1370. The molecule has 0 aliphatic rings. The van der Waals surface area contributed by atoms with Crippen LogP contribution in [0.15, 0.2) is 22.5 Å². The second-order valence-corrected chi connectivity index (χ2v) is 11.7. The predicted molar refractivity (Wildman–Crippen MR) is 149 cm³/mol. The number of carbonyl (C=O) groups is 4. The van der Waals surface area contributed by atoms with Crippen molar-refractivity contribution in [2.75, 3.05) is 23.8 Å². The number of hydrogen-bond donors (Lipinski definition) is 2. The molecule has 0 bridgehead atoms. The van der Waals surface area contributed by atoms with Crippen LogP contribution in [0.2, 0.25) is 0 Å². The number of thioether (sulfide) groups is 1. The first-order valence-corrected chi connectivity index (χ1v) is 14.2. The van der Waals surface area contributed by atoms with E-state index in [1.165, 1.54) is 0 Å². The maximum absolute atomic E-state index is 13.0. The molecule has 10 nitrogen and oxygen atoms in total. The minimum absolute atomic E-state index is 0.123. The maximum Gasteiger partial charge on any atom is 0.348 e. The van der Waals surface area contributed by atoms with Gasteiger partial charge in [0.15, 0.2) is 4.34 Å². The number of ether oxygens (including phenoxy) is 2. The number of anilines is 2. The lowest BCUT2D eigenvalue weighted by Gasteiger charge is -2.10. The van der Waals surface area contributed by atoms with Crippen LogP contribution in [0.25, 0.3) is 0 Å². The molecular weight excluding hydrogens is 548 g/mol. The molecule has 3 rings (SSSR count). The smallest absolute Gasteiger partial charge is 0.348 e. The van der Waals surface area contributed by atoms with E-state index < -0.39 is 23.1 Å². The van der Waals surface area contributed by atoms with Crippen molar-refractivity contribution >= 4 is 68.3 Å². The molecule has 0 saturated heterocycles. The molecule has 0 saturated carbocycles. The second kappa shape index (κ2) is 13.0. The zero-order valence-corrected chi connectivity index (χ0v) is 24.2. The Kier molecular flexibility index (Phi) is 10.00. The first-order chi connectivity index (χ1) is 18.0. The molecule has 0 fully saturated rings. The number of benzene rings is 1. The van der Waals surface area contributed by atoms with E-state index >= 15 is 0 Å². The summed E-state index contributed by atoms with van der Waals surface area (Å²) < 4.78 is 10.7. The third-order valence-electron chi connectivity index (χ3n) is 5.37. The van der Waals surface area contributed by atoms with Crippen LogP contribution in [0.5, 0.6) is 0 Å². The number of aromatic nitrogens is 2. The number of thiophene rings is 1. The summed E-state index contributed by atoms with van der Waals surface area (Å²) in [4.78, 5) is 50.7. The molecule has 0 radical (unpaired) electrons. The fourth-order valence-corrected chi connectivity index (χ4v) is 6.20. The van der Waals surface area contributed by atoms with E-state index in [9.17, 15) is 19.2 Å². The van der Waals surface area contributed by atoms with Gasteiger partial charge in [-0.05, 0) is 70.4 Å². The summed E-state index contributed by atoms with van der Waals surface area (Å²) in [6.07, 6.45) is 0. The lowest BCUT2D eigenvalue weighted by molar-refractivity contribution is -0.115. The van der Waals surface area contributed by atoms with Crippen molar-refractivity contribution in [2.45, 2.75) is 51.1 Å². The summed E-state index contributed by atoms with van der Waals surface area (Å²) in [6, 6.07) is 5.42. The molecule has 13 heteroatoms. The van der Waals surface area contributed by atoms with E-state index in [1.54, 1.807) is 39.8 Å². The minimum Gasteiger partial charge on any atom is -0.462 e. The monoisotopic (exact) mass is 576 g/mol. The molecule has 2 heterocycles. The average molecular weight is 577 g/mol. The largest absolute Gasteiger partial charge is 0.462 e. The standard InChI is InChI=1S/C25H28N4O6S3/c1-7-34-22(32)17-14(5)18(23(33)35-8-2)37-21(17)26-19(30)15(6)36-25-29-28-24(38-25)27-20(31)16-10-9-12(3)13(4)11-16/h9-11,15H,7-8H2,1-6H3,(H,26,30)(H,27,28,31). The summed E-state index contributed by atoms with van der Waals surface area (Å²) in [5.41, 5.74) is 3.12. The Hall–Kier alpha value is -3.29. The second-order valence-electron chi connectivity index (χ2n) is 8.08. The molecule has 202 valence electrons. The van der Waals surface area contributed by atoms with Gasteiger partial charge in [0.05, 0.1) is 24.0 Å². The zero-order chi connectivity index (χ0) is 28.0. The van der Waals surface area contributed by atoms with Crippen molar-refractivity contribution in [3.05, 3.63) is 50.9 Å². The van der Waals surface area contributed by atoms with Crippen LogP contribution >= 0.6 is 34.4 Å². The number of rotatable bonds is 10. The molecule has 2 aromatic heterocycles. The van der Waals surface area contributed by atoms with Crippen LogP contribution < -0.4 is 10.6 Å². The number of carbonyl (C=O) groups excluding carboxylic acids is 4.